The number of nitrogens with zero attached hydrogens (tertiary/aromatic N) is 1. The maximum atomic E-state index is 12.0. The fourth-order valence-corrected chi connectivity index (χ4v) is 3.31. The van der Waals surface area contributed by atoms with Crippen molar-refractivity contribution in [1.82, 2.24) is 10.2 Å². The minimum atomic E-state index is -0.799. The van der Waals surface area contributed by atoms with Gasteiger partial charge in [0.1, 0.15) is 0 Å². The number of carbonyl (C=O) groups is 2. The average Bonchev–Trinajstić information content (AvgIpc) is 2.92. The highest BCUT2D eigenvalue weighted by Gasteiger charge is 2.37. The second-order valence-corrected chi connectivity index (χ2v) is 6.18. The summed E-state index contributed by atoms with van der Waals surface area (Å²) in [5.41, 5.74) is 0. The van der Waals surface area contributed by atoms with Crippen molar-refractivity contribution in [3.63, 3.8) is 0 Å². The number of urea groups is 1. The van der Waals surface area contributed by atoms with E-state index < -0.39 is 11.9 Å². The summed E-state index contributed by atoms with van der Waals surface area (Å²) < 4.78 is 0. The normalized spacial score (nSPS) is 34.5. The van der Waals surface area contributed by atoms with Crippen LogP contribution in [0.15, 0.2) is 0 Å². The average molecular weight is 268 g/mol. The molecule has 5 heteroatoms. The van der Waals surface area contributed by atoms with E-state index in [0.717, 1.165) is 6.54 Å². The van der Waals surface area contributed by atoms with Gasteiger partial charge in [0.05, 0.1) is 5.92 Å². The molecule has 1 aliphatic heterocycles. The van der Waals surface area contributed by atoms with Crippen molar-refractivity contribution in [3.8, 4) is 0 Å². The Labute approximate surface area is 114 Å². The number of amides is 2. The minimum Gasteiger partial charge on any atom is -0.481 e. The summed E-state index contributed by atoms with van der Waals surface area (Å²) in [6.45, 7) is 5.74. The summed E-state index contributed by atoms with van der Waals surface area (Å²) in [6, 6.07) is -0.102. The van der Waals surface area contributed by atoms with Crippen molar-refractivity contribution in [2.24, 2.45) is 23.7 Å². The highest BCUT2D eigenvalue weighted by atomic mass is 16.4. The van der Waals surface area contributed by atoms with Gasteiger partial charge in [-0.05, 0) is 24.2 Å². The van der Waals surface area contributed by atoms with Crippen LogP contribution in [0.25, 0.3) is 0 Å². The highest BCUT2D eigenvalue weighted by Crippen LogP contribution is 2.30. The highest BCUT2D eigenvalue weighted by molar-refractivity contribution is 5.77. The molecule has 4 unspecified atom stereocenters. The van der Waals surface area contributed by atoms with Crippen LogP contribution in [-0.4, -0.2) is 41.6 Å². The van der Waals surface area contributed by atoms with Gasteiger partial charge in [0.25, 0.3) is 0 Å². The lowest BCUT2D eigenvalue weighted by molar-refractivity contribution is -0.142. The molecule has 0 aromatic rings. The van der Waals surface area contributed by atoms with Gasteiger partial charge in [-0.25, -0.2) is 4.79 Å². The molecule has 1 aliphatic carbocycles. The van der Waals surface area contributed by atoms with E-state index in [0.29, 0.717) is 24.9 Å². The molecule has 2 rings (SSSR count). The second kappa shape index (κ2) is 5.80. The van der Waals surface area contributed by atoms with Gasteiger partial charge in [-0.1, -0.05) is 26.7 Å². The molecular formula is C14H24N2O3. The van der Waals surface area contributed by atoms with Crippen molar-refractivity contribution < 1.29 is 14.7 Å². The SMILES string of the molecule is CC1CCCC1CNC(=O)N1CC(C)C(C(=O)O)C1. The van der Waals surface area contributed by atoms with Crippen LogP contribution in [0, 0.1) is 23.7 Å². The van der Waals surface area contributed by atoms with Crippen LogP contribution in [-0.2, 0) is 4.79 Å². The van der Waals surface area contributed by atoms with E-state index in [4.69, 9.17) is 5.11 Å². The number of carboxylic acid groups (broad SMARTS) is 1. The van der Waals surface area contributed by atoms with Gasteiger partial charge in [-0.15, -0.1) is 0 Å². The molecule has 0 bridgehead atoms. The molecule has 1 heterocycles. The summed E-state index contributed by atoms with van der Waals surface area (Å²) in [6.07, 6.45) is 3.70. The molecule has 1 saturated heterocycles. The Balaban J connectivity index is 1.79. The third kappa shape index (κ3) is 3.19. The molecule has 2 N–H and O–H groups in total. The zero-order valence-electron chi connectivity index (χ0n) is 11.8. The lowest BCUT2D eigenvalue weighted by atomic mass is 9.98. The van der Waals surface area contributed by atoms with E-state index in [1.165, 1.54) is 19.3 Å². The van der Waals surface area contributed by atoms with Gasteiger partial charge in [0, 0.05) is 19.6 Å². The molecule has 2 fully saturated rings. The van der Waals surface area contributed by atoms with Gasteiger partial charge in [0.2, 0.25) is 0 Å². The standard InChI is InChI=1S/C14H24N2O3/c1-9-4-3-5-11(9)6-15-14(19)16-7-10(2)12(8-16)13(17)18/h9-12H,3-8H2,1-2H3,(H,15,19)(H,17,18). The van der Waals surface area contributed by atoms with Crippen molar-refractivity contribution >= 4 is 12.0 Å². The smallest absolute Gasteiger partial charge is 0.317 e. The second-order valence-electron chi connectivity index (χ2n) is 6.18. The van der Waals surface area contributed by atoms with Crippen molar-refractivity contribution in [1.29, 1.82) is 0 Å². The third-order valence-electron chi connectivity index (χ3n) is 4.77. The zero-order chi connectivity index (χ0) is 14.0. The molecule has 0 aromatic heterocycles. The van der Waals surface area contributed by atoms with Crippen LogP contribution in [0.1, 0.15) is 33.1 Å². The Morgan fingerprint density at radius 1 is 1.21 bits per heavy atom. The van der Waals surface area contributed by atoms with Crippen LogP contribution >= 0.6 is 0 Å². The Kier molecular flexibility index (Phi) is 4.32. The van der Waals surface area contributed by atoms with Gasteiger partial charge in [-0.2, -0.15) is 0 Å². The Morgan fingerprint density at radius 3 is 2.47 bits per heavy atom. The van der Waals surface area contributed by atoms with Crippen molar-refractivity contribution in [2.45, 2.75) is 33.1 Å². The molecule has 2 aliphatic rings. The van der Waals surface area contributed by atoms with E-state index in [-0.39, 0.29) is 11.9 Å². The van der Waals surface area contributed by atoms with E-state index in [1.54, 1.807) is 4.90 Å². The summed E-state index contributed by atoms with van der Waals surface area (Å²) in [4.78, 5) is 24.7. The van der Waals surface area contributed by atoms with E-state index in [1.807, 2.05) is 6.92 Å². The monoisotopic (exact) mass is 268 g/mol. The number of nitrogens with one attached hydrogen (secondary N) is 1. The number of carboxylic acids is 1. The summed E-state index contributed by atoms with van der Waals surface area (Å²) in [5, 5.41) is 12.0. The van der Waals surface area contributed by atoms with Gasteiger partial charge < -0.3 is 15.3 Å². The van der Waals surface area contributed by atoms with E-state index >= 15 is 0 Å². The number of aliphatic carboxylic acids is 1. The predicted octanol–water partition coefficient (Wildman–Crippen LogP) is 1.78. The van der Waals surface area contributed by atoms with Crippen LogP contribution in [0.4, 0.5) is 4.79 Å². The van der Waals surface area contributed by atoms with Crippen molar-refractivity contribution in [2.75, 3.05) is 19.6 Å². The lowest BCUT2D eigenvalue weighted by Crippen LogP contribution is -2.41. The number of likely N-dealkylation sites (tertiary alicyclic amines) is 1. The number of hydrogen-bond donors (Lipinski definition) is 2. The van der Waals surface area contributed by atoms with Gasteiger partial charge >= 0.3 is 12.0 Å². The Morgan fingerprint density at radius 2 is 1.95 bits per heavy atom. The first kappa shape index (κ1) is 14.2. The zero-order valence-corrected chi connectivity index (χ0v) is 11.8. The first-order chi connectivity index (χ1) is 8.99. The number of carbonyl (C=O) groups excluding carboxylic acids is 1. The molecule has 4 atom stereocenters. The van der Waals surface area contributed by atoms with Crippen LogP contribution in [0.5, 0.6) is 0 Å². The quantitative estimate of drug-likeness (QED) is 0.819. The summed E-state index contributed by atoms with van der Waals surface area (Å²) in [7, 11) is 0. The molecule has 0 aromatic carbocycles. The molecule has 0 spiro atoms. The maximum absolute atomic E-state index is 12.0. The van der Waals surface area contributed by atoms with E-state index in [2.05, 4.69) is 12.2 Å². The van der Waals surface area contributed by atoms with Gasteiger partial charge in [-0.3, -0.25) is 4.79 Å². The van der Waals surface area contributed by atoms with Crippen LogP contribution in [0.2, 0.25) is 0 Å². The Hall–Kier alpha value is -1.26. The molecular weight excluding hydrogens is 244 g/mol. The number of rotatable bonds is 3. The van der Waals surface area contributed by atoms with Crippen molar-refractivity contribution in [3.05, 3.63) is 0 Å². The molecule has 0 radical (unpaired) electrons. The molecule has 2 amide bonds. The topological polar surface area (TPSA) is 69.6 Å². The predicted molar refractivity (Wildman–Crippen MR) is 71.8 cm³/mol. The fourth-order valence-electron chi connectivity index (χ4n) is 3.31. The van der Waals surface area contributed by atoms with Gasteiger partial charge in [0.15, 0.2) is 0 Å². The van der Waals surface area contributed by atoms with E-state index in [9.17, 15) is 9.59 Å². The fraction of sp³-hybridized carbons (Fsp3) is 0.857. The number of hydrogen-bond acceptors (Lipinski definition) is 2. The van der Waals surface area contributed by atoms with Crippen LogP contribution < -0.4 is 5.32 Å². The maximum Gasteiger partial charge on any atom is 0.317 e. The largest absolute Gasteiger partial charge is 0.481 e. The minimum absolute atomic E-state index is 0.0358. The molecule has 1 saturated carbocycles. The molecule has 108 valence electrons. The summed E-state index contributed by atoms with van der Waals surface area (Å²) in [5.74, 6) is 0.0841. The van der Waals surface area contributed by atoms with Crippen LogP contribution in [0.3, 0.4) is 0 Å². The summed E-state index contributed by atoms with van der Waals surface area (Å²) >= 11 is 0. The molecule has 19 heavy (non-hydrogen) atoms. The lowest BCUT2D eigenvalue weighted by Gasteiger charge is -2.20. The Bertz CT molecular complexity index is 359. The first-order valence-electron chi connectivity index (χ1n) is 7.24. The third-order valence-corrected chi connectivity index (χ3v) is 4.77. The molecule has 5 nitrogen and oxygen atoms in total. The first-order valence-corrected chi connectivity index (χ1v) is 7.24.